The molecule has 8 heteroatoms. The van der Waals surface area contributed by atoms with Gasteiger partial charge in [0.1, 0.15) is 18.2 Å². The van der Waals surface area contributed by atoms with Gasteiger partial charge in [0.25, 0.3) is 5.91 Å². The van der Waals surface area contributed by atoms with Crippen LogP contribution in [0.3, 0.4) is 0 Å². The van der Waals surface area contributed by atoms with Gasteiger partial charge in [0.15, 0.2) is 11.5 Å². The van der Waals surface area contributed by atoms with E-state index in [1.54, 1.807) is 25.3 Å². The number of benzene rings is 3. The van der Waals surface area contributed by atoms with Crippen LogP contribution in [0.2, 0.25) is 0 Å². The Morgan fingerprint density at radius 2 is 1.82 bits per heavy atom. The molecule has 34 heavy (non-hydrogen) atoms. The van der Waals surface area contributed by atoms with E-state index in [0.717, 1.165) is 19.3 Å². The minimum absolute atomic E-state index is 0.0157. The molecular formula is C26H23BrIN3O3. The van der Waals surface area contributed by atoms with E-state index in [9.17, 15) is 10.1 Å². The number of hydrogen-bond acceptors (Lipinski definition) is 5. The Bertz CT molecular complexity index is 1230. The molecule has 0 aliphatic heterocycles. The first-order valence-corrected chi connectivity index (χ1v) is 12.1. The van der Waals surface area contributed by atoms with Crippen LogP contribution in [-0.4, -0.2) is 27.1 Å². The molecule has 0 heterocycles. The molecule has 0 saturated carbocycles. The molecule has 0 aliphatic rings. The largest absolute Gasteiger partial charge is 0.493 e. The quantitative estimate of drug-likeness (QED) is 0.181. The highest BCUT2D eigenvalue weighted by Gasteiger charge is 2.14. The molecule has 0 aliphatic carbocycles. The Morgan fingerprint density at radius 3 is 2.41 bits per heavy atom. The number of methoxy groups -OCH3 is 1. The molecule has 0 fully saturated rings. The SMILES string of the molecule is COc1cc(/C=C(/C#N)C(=O)Nc2ccc(N(C)C)cc2)cc(I)c1OCc1ccc(Br)cc1. The van der Waals surface area contributed by atoms with Gasteiger partial charge in [-0.05, 0) is 88.3 Å². The number of rotatable bonds is 8. The van der Waals surface area contributed by atoms with E-state index in [2.05, 4.69) is 43.8 Å². The summed E-state index contributed by atoms with van der Waals surface area (Å²) >= 11 is 5.58. The number of carbonyl (C=O) groups excluding carboxylic acids is 1. The summed E-state index contributed by atoms with van der Waals surface area (Å²) in [6.45, 7) is 0.382. The number of nitriles is 1. The molecule has 0 atom stereocenters. The molecule has 0 radical (unpaired) electrons. The van der Waals surface area contributed by atoms with Crippen molar-refractivity contribution in [3.8, 4) is 17.6 Å². The van der Waals surface area contributed by atoms with Gasteiger partial charge in [-0.15, -0.1) is 0 Å². The number of hydrogen-bond donors (Lipinski definition) is 1. The Hall–Kier alpha value is -3.03. The maximum absolute atomic E-state index is 12.7. The fraction of sp³-hybridized carbons (Fsp3) is 0.154. The summed E-state index contributed by atoms with van der Waals surface area (Å²) in [5, 5.41) is 12.4. The summed E-state index contributed by atoms with van der Waals surface area (Å²) in [6, 6.07) is 20.8. The van der Waals surface area contributed by atoms with E-state index < -0.39 is 5.91 Å². The standard InChI is InChI=1S/C26H23BrIN3O3/c1-31(2)22-10-8-21(9-11-22)30-26(32)19(15-29)12-18-13-23(28)25(24(14-18)33-3)34-16-17-4-6-20(27)7-5-17/h4-14H,16H2,1-3H3,(H,30,32)/b19-12-. The van der Waals surface area contributed by atoms with E-state index in [-0.39, 0.29) is 5.57 Å². The zero-order valence-electron chi connectivity index (χ0n) is 18.9. The topological polar surface area (TPSA) is 74.6 Å². The first-order chi connectivity index (χ1) is 16.3. The van der Waals surface area contributed by atoms with Gasteiger partial charge in [-0.25, -0.2) is 0 Å². The summed E-state index contributed by atoms with van der Waals surface area (Å²) in [6.07, 6.45) is 1.53. The summed E-state index contributed by atoms with van der Waals surface area (Å²) in [5.74, 6) is 0.643. The van der Waals surface area contributed by atoms with Crippen LogP contribution in [0.4, 0.5) is 11.4 Å². The van der Waals surface area contributed by atoms with E-state index in [1.165, 1.54) is 6.08 Å². The lowest BCUT2D eigenvalue weighted by Crippen LogP contribution is -2.14. The van der Waals surface area contributed by atoms with Crippen molar-refractivity contribution in [2.24, 2.45) is 0 Å². The Morgan fingerprint density at radius 1 is 1.15 bits per heavy atom. The average Bonchev–Trinajstić information content (AvgIpc) is 2.82. The van der Waals surface area contributed by atoms with E-state index in [1.807, 2.05) is 67.5 Å². The maximum Gasteiger partial charge on any atom is 0.266 e. The molecule has 0 saturated heterocycles. The van der Waals surface area contributed by atoms with E-state index in [0.29, 0.717) is 29.4 Å². The lowest BCUT2D eigenvalue weighted by atomic mass is 10.1. The second kappa shape index (κ2) is 11.9. The first kappa shape index (κ1) is 25.6. The molecule has 0 bridgehead atoms. The van der Waals surface area contributed by atoms with Crippen molar-refractivity contribution in [3.63, 3.8) is 0 Å². The molecule has 3 aromatic carbocycles. The lowest BCUT2D eigenvalue weighted by Gasteiger charge is -2.14. The van der Waals surface area contributed by atoms with Crippen molar-refractivity contribution in [1.29, 1.82) is 5.26 Å². The van der Waals surface area contributed by atoms with Crippen molar-refractivity contribution in [2.45, 2.75) is 6.61 Å². The monoisotopic (exact) mass is 631 g/mol. The van der Waals surface area contributed by atoms with Gasteiger partial charge < -0.3 is 19.7 Å². The van der Waals surface area contributed by atoms with Crippen LogP contribution in [0.15, 0.2) is 70.7 Å². The lowest BCUT2D eigenvalue weighted by molar-refractivity contribution is -0.112. The average molecular weight is 632 g/mol. The highest BCUT2D eigenvalue weighted by atomic mass is 127. The van der Waals surface area contributed by atoms with E-state index >= 15 is 0 Å². The van der Waals surface area contributed by atoms with Gasteiger partial charge in [-0.2, -0.15) is 5.26 Å². The molecule has 3 rings (SSSR count). The van der Waals surface area contributed by atoms with Gasteiger partial charge in [0, 0.05) is 29.9 Å². The van der Waals surface area contributed by atoms with Crippen LogP contribution in [0.5, 0.6) is 11.5 Å². The second-order valence-electron chi connectivity index (χ2n) is 7.51. The summed E-state index contributed by atoms with van der Waals surface area (Å²) in [5.41, 5.74) is 3.29. The first-order valence-electron chi connectivity index (χ1n) is 10.3. The summed E-state index contributed by atoms with van der Waals surface area (Å²) < 4.78 is 13.3. The second-order valence-corrected chi connectivity index (χ2v) is 9.59. The molecule has 174 valence electrons. The Labute approximate surface area is 221 Å². The van der Waals surface area contributed by atoms with Crippen molar-refractivity contribution in [1.82, 2.24) is 0 Å². The van der Waals surface area contributed by atoms with Gasteiger partial charge in [0.2, 0.25) is 0 Å². The minimum Gasteiger partial charge on any atom is -0.493 e. The third-order valence-electron chi connectivity index (χ3n) is 4.87. The van der Waals surface area contributed by atoms with Gasteiger partial charge in [-0.3, -0.25) is 4.79 Å². The number of carbonyl (C=O) groups is 1. The van der Waals surface area contributed by atoms with Crippen molar-refractivity contribution >= 4 is 61.9 Å². The molecular weight excluding hydrogens is 609 g/mol. The highest BCUT2D eigenvalue weighted by molar-refractivity contribution is 14.1. The number of anilines is 2. The Kier molecular flexibility index (Phi) is 8.96. The predicted molar refractivity (Wildman–Crippen MR) is 147 cm³/mol. The van der Waals surface area contributed by atoms with Crippen LogP contribution in [0, 0.1) is 14.9 Å². The van der Waals surface area contributed by atoms with Crippen LogP contribution in [0.25, 0.3) is 6.08 Å². The van der Waals surface area contributed by atoms with E-state index in [4.69, 9.17) is 9.47 Å². The maximum atomic E-state index is 12.7. The molecule has 3 aromatic rings. The third kappa shape index (κ3) is 6.74. The van der Waals surface area contributed by atoms with Gasteiger partial charge in [0.05, 0.1) is 10.7 Å². The molecule has 0 aromatic heterocycles. The highest BCUT2D eigenvalue weighted by Crippen LogP contribution is 2.35. The fourth-order valence-corrected chi connectivity index (χ4v) is 4.10. The number of amides is 1. The van der Waals surface area contributed by atoms with Crippen molar-refractivity contribution in [3.05, 3.63) is 85.4 Å². The van der Waals surface area contributed by atoms with Crippen LogP contribution in [0.1, 0.15) is 11.1 Å². The third-order valence-corrected chi connectivity index (χ3v) is 6.20. The zero-order valence-corrected chi connectivity index (χ0v) is 22.7. The fourth-order valence-electron chi connectivity index (χ4n) is 3.06. The van der Waals surface area contributed by atoms with Crippen LogP contribution in [-0.2, 0) is 11.4 Å². The normalized spacial score (nSPS) is 10.9. The molecule has 1 N–H and O–H groups in total. The number of ether oxygens (including phenoxy) is 2. The minimum atomic E-state index is -0.482. The number of halogens is 2. The van der Waals surface area contributed by atoms with Crippen molar-refractivity contribution in [2.75, 3.05) is 31.4 Å². The summed E-state index contributed by atoms with van der Waals surface area (Å²) in [7, 11) is 5.44. The van der Waals surface area contributed by atoms with Gasteiger partial charge >= 0.3 is 0 Å². The zero-order chi connectivity index (χ0) is 24.7. The van der Waals surface area contributed by atoms with Crippen molar-refractivity contribution < 1.29 is 14.3 Å². The van der Waals surface area contributed by atoms with Crippen LogP contribution >= 0.6 is 38.5 Å². The smallest absolute Gasteiger partial charge is 0.266 e. The number of nitrogens with one attached hydrogen (secondary N) is 1. The Balaban J connectivity index is 1.78. The number of nitrogens with zero attached hydrogens (tertiary/aromatic N) is 2. The molecule has 0 unspecified atom stereocenters. The molecule has 6 nitrogen and oxygen atoms in total. The summed E-state index contributed by atoms with van der Waals surface area (Å²) in [4.78, 5) is 14.6. The van der Waals surface area contributed by atoms with Gasteiger partial charge in [-0.1, -0.05) is 28.1 Å². The molecule has 1 amide bonds. The predicted octanol–water partition coefficient (Wildman–Crippen LogP) is 6.25. The molecule has 0 spiro atoms. The van der Waals surface area contributed by atoms with Crippen LogP contribution < -0.4 is 19.7 Å².